The molecule has 0 unspecified atom stereocenters. The largest absolute Gasteiger partial charge is 0.337 e. The molecule has 2 aliphatic carbocycles. The fourth-order valence-electron chi connectivity index (χ4n) is 15.5. The normalized spacial score (nSPS) is 15.3. The molecule has 78 heavy (non-hydrogen) atoms. The molecule has 4 nitrogen and oxygen atoms in total. The number of nitrogens with zero attached hydrogens (tertiary/aromatic N) is 4. The van der Waals surface area contributed by atoms with Crippen LogP contribution in [-0.4, -0.2) is 18.3 Å². The zero-order valence-corrected chi connectivity index (χ0v) is 45.5. The second-order valence-corrected chi connectivity index (χ2v) is 24.0. The molecule has 2 saturated carbocycles. The smallest absolute Gasteiger partial charge is 0.0619 e. The van der Waals surface area contributed by atoms with Gasteiger partial charge in [-0.25, -0.2) is 0 Å². The number of rotatable bonds is 7. The van der Waals surface area contributed by atoms with Crippen LogP contribution in [0, 0.1) is 0 Å². The fourth-order valence-corrected chi connectivity index (χ4v) is 15.5. The first-order valence-electron chi connectivity index (χ1n) is 29.4. The fraction of sp³-hybridized carbons (Fsp3) is 0.243. The summed E-state index contributed by atoms with van der Waals surface area (Å²) in [6.45, 7) is 9.48. The number of hydrogen-bond donors (Lipinski definition) is 0. The molecule has 4 heteroatoms. The Balaban J connectivity index is 0.917. The second kappa shape index (κ2) is 17.7. The van der Waals surface area contributed by atoms with E-state index in [1.54, 1.807) is 0 Å². The van der Waals surface area contributed by atoms with Crippen LogP contribution in [0.3, 0.4) is 0 Å². The van der Waals surface area contributed by atoms with Gasteiger partial charge >= 0.3 is 0 Å². The van der Waals surface area contributed by atoms with E-state index < -0.39 is 0 Å². The summed E-state index contributed by atoms with van der Waals surface area (Å²) in [5.74, 6) is 1.24. The van der Waals surface area contributed by atoms with Crippen LogP contribution in [0.5, 0.6) is 0 Å². The Morgan fingerprint density at radius 3 is 1.12 bits per heavy atom. The minimum atomic E-state index is 0.205. The third-order valence-corrected chi connectivity index (χ3v) is 19.0. The van der Waals surface area contributed by atoms with Crippen LogP contribution < -0.4 is 0 Å². The van der Waals surface area contributed by atoms with Gasteiger partial charge in [0.1, 0.15) is 0 Å². The van der Waals surface area contributed by atoms with E-state index in [4.69, 9.17) is 0 Å². The Labute approximate surface area is 456 Å². The summed E-state index contributed by atoms with van der Waals surface area (Å²) in [4.78, 5) is 0. The molecule has 2 aliphatic rings. The highest BCUT2D eigenvalue weighted by Crippen LogP contribution is 2.47. The van der Waals surface area contributed by atoms with Gasteiger partial charge in [-0.1, -0.05) is 184 Å². The summed E-state index contributed by atoms with van der Waals surface area (Å²) in [6, 6.07) is 71.3. The molecule has 0 spiro atoms. The lowest BCUT2D eigenvalue weighted by Gasteiger charge is -2.22. The maximum absolute atomic E-state index is 2.65. The molecule has 0 amide bonds. The summed E-state index contributed by atoms with van der Waals surface area (Å²) in [5.41, 5.74) is 18.3. The van der Waals surface area contributed by atoms with Crippen molar-refractivity contribution in [3.63, 3.8) is 0 Å². The molecule has 0 aliphatic heterocycles. The second-order valence-electron chi connectivity index (χ2n) is 24.0. The Kier molecular flexibility index (Phi) is 10.5. The van der Waals surface area contributed by atoms with Gasteiger partial charge in [-0.05, 0) is 124 Å². The Morgan fingerprint density at radius 2 is 0.679 bits per heavy atom. The summed E-state index contributed by atoms with van der Waals surface area (Å²) < 4.78 is 10.5. The molecule has 2 fully saturated rings. The lowest BCUT2D eigenvalue weighted by Crippen LogP contribution is -2.05. The van der Waals surface area contributed by atoms with E-state index in [9.17, 15) is 0 Å². The molecular formula is C74H66N4. The predicted molar refractivity (Wildman–Crippen MR) is 334 cm³/mol. The SMILES string of the molecule is CC(C)n1c2cc(-n3c4cc(C5CCCCC5)ccc4c4ccc5ccccc5c43)ccc2c2cccc(-c3cccc4c5ccc(-n6c7cc(C8CCCCC8)ccc7c7ccc8ccccc8c76)cc5n(C(C)C)c34)c21. The average Bonchev–Trinajstić information content (AvgIpc) is 4.32. The van der Waals surface area contributed by atoms with Gasteiger partial charge in [0.15, 0.2) is 0 Å². The highest BCUT2D eigenvalue weighted by molar-refractivity contribution is 6.22. The van der Waals surface area contributed by atoms with Gasteiger partial charge < -0.3 is 18.3 Å². The zero-order chi connectivity index (χ0) is 51.9. The van der Waals surface area contributed by atoms with Gasteiger partial charge in [0, 0.05) is 88.4 Å². The van der Waals surface area contributed by atoms with Gasteiger partial charge in [0.2, 0.25) is 0 Å². The van der Waals surface area contributed by atoms with Crippen LogP contribution >= 0.6 is 0 Å². The van der Waals surface area contributed by atoms with Crippen molar-refractivity contribution >= 4 is 109 Å². The van der Waals surface area contributed by atoms with Crippen molar-refractivity contribution in [2.24, 2.45) is 0 Å². The molecular weight excluding hydrogens is 945 g/mol. The maximum Gasteiger partial charge on any atom is 0.0619 e. The van der Waals surface area contributed by atoms with E-state index in [1.165, 1.54) is 207 Å². The highest BCUT2D eigenvalue weighted by Gasteiger charge is 2.26. The van der Waals surface area contributed by atoms with Crippen LogP contribution in [0.15, 0.2) is 182 Å². The Morgan fingerprint density at radius 1 is 0.308 bits per heavy atom. The molecule has 4 heterocycles. The van der Waals surface area contributed by atoms with E-state index in [0.29, 0.717) is 11.8 Å². The lowest BCUT2D eigenvalue weighted by atomic mass is 9.84. The molecule has 4 aromatic heterocycles. The first kappa shape index (κ1) is 46.1. The topological polar surface area (TPSA) is 19.7 Å². The summed E-state index contributed by atoms with van der Waals surface area (Å²) in [7, 11) is 0. The predicted octanol–water partition coefficient (Wildman–Crippen LogP) is 21.3. The third kappa shape index (κ3) is 6.77. The van der Waals surface area contributed by atoms with Crippen LogP contribution in [0.4, 0.5) is 0 Å². The molecule has 0 saturated heterocycles. The molecule has 0 bridgehead atoms. The highest BCUT2D eigenvalue weighted by atomic mass is 15.0. The molecule has 382 valence electrons. The van der Waals surface area contributed by atoms with E-state index in [0.717, 1.165) is 0 Å². The number of fused-ring (bicyclic) bond motifs is 16. The minimum absolute atomic E-state index is 0.205. The number of hydrogen-bond acceptors (Lipinski definition) is 0. The summed E-state index contributed by atoms with van der Waals surface area (Å²) in [5, 5.41) is 15.6. The number of aromatic nitrogens is 4. The van der Waals surface area contributed by atoms with E-state index >= 15 is 0 Å². The maximum atomic E-state index is 2.65. The third-order valence-electron chi connectivity index (χ3n) is 19.0. The van der Waals surface area contributed by atoms with Crippen molar-refractivity contribution in [2.45, 2.75) is 116 Å². The average molecular weight is 1010 g/mol. The van der Waals surface area contributed by atoms with Crippen LogP contribution in [0.25, 0.3) is 131 Å². The van der Waals surface area contributed by atoms with Gasteiger partial charge in [-0.2, -0.15) is 0 Å². The standard InChI is InChI=1S/C74H66N4/c1-45(2)75-69-43-53(77-67-41-51(47-17-7-5-8-18-47)31-35-57(67)65-37-29-49-21-11-13-23-55(49)71(65)77)33-39-59(69)61-25-15-27-63(73(61)75)64-28-16-26-62-60-40-34-54(44-70(60)76(46(3)4)74(62)64)78-68-42-52(48-19-9-6-10-20-48)32-36-58(68)66-38-30-50-22-12-14-24-56(50)72(66)78/h11-16,21-48H,5-10,17-20H2,1-4H3. The van der Waals surface area contributed by atoms with Crippen molar-refractivity contribution in [2.75, 3.05) is 0 Å². The first-order valence-corrected chi connectivity index (χ1v) is 29.4. The Bertz CT molecular complexity index is 4460. The van der Waals surface area contributed by atoms with Crippen molar-refractivity contribution in [1.29, 1.82) is 0 Å². The molecule has 0 radical (unpaired) electrons. The molecule has 14 aromatic rings. The van der Waals surface area contributed by atoms with Crippen LogP contribution in [-0.2, 0) is 0 Å². The lowest BCUT2D eigenvalue weighted by molar-refractivity contribution is 0.444. The molecule has 0 atom stereocenters. The Hall–Kier alpha value is -8.08. The van der Waals surface area contributed by atoms with Crippen molar-refractivity contribution in [3.8, 4) is 22.5 Å². The zero-order valence-electron chi connectivity index (χ0n) is 45.5. The number of benzene rings is 10. The summed E-state index contributed by atoms with van der Waals surface area (Å²) >= 11 is 0. The molecule has 10 aromatic carbocycles. The van der Waals surface area contributed by atoms with Crippen LogP contribution in [0.2, 0.25) is 0 Å². The van der Waals surface area contributed by atoms with Gasteiger partial charge in [0.25, 0.3) is 0 Å². The molecule has 16 rings (SSSR count). The van der Waals surface area contributed by atoms with Crippen LogP contribution in [0.1, 0.15) is 127 Å². The van der Waals surface area contributed by atoms with E-state index in [2.05, 4.69) is 228 Å². The summed E-state index contributed by atoms with van der Waals surface area (Å²) in [6.07, 6.45) is 13.2. The van der Waals surface area contributed by atoms with E-state index in [1.807, 2.05) is 0 Å². The van der Waals surface area contributed by atoms with Gasteiger partial charge in [-0.3, -0.25) is 0 Å². The van der Waals surface area contributed by atoms with Crippen molar-refractivity contribution in [1.82, 2.24) is 18.3 Å². The van der Waals surface area contributed by atoms with Crippen molar-refractivity contribution < 1.29 is 0 Å². The molecule has 0 N–H and O–H groups in total. The monoisotopic (exact) mass is 1010 g/mol. The van der Waals surface area contributed by atoms with Gasteiger partial charge in [-0.15, -0.1) is 0 Å². The minimum Gasteiger partial charge on any atom is -0.337 e. The quantitative estimate of drug-likeness (QED) is 0.152. The van der Waals surface area contributed by atoms with E-state index in [-0.39, 0.29) is 12.1 Å². The first-order chi connectivity index (χ1) is 38.4. The van der Waals surface area contributed by atoms with Gasteiger partial charge in [0.05, 0.1) is 44.1 Å². The number of para-hydroxylation sites is 2. The van der Waals surface area contributed by atoms with Crippen molar-refractivity contribution in [3.05, 3.63) is 193 Å².